The molecule has 2 aliphatic rings. The van der Waals surface area contributed by atoms with Crippen LogP contribution in [0, 0.1) is 0 Å². The zero-order chi connectivity index (χ0) is 9.31. The van der Waals surface area contributed by atoms with Crippen LogP contribution >= 0.6 is 0 Å². The summed E-state index contributed by atoms with van der Waals surface area (Å²) in [6.45, 7) is 4.64. The molecular weight excluding hydrogens is 157 g/mol. The molecule has 0 radical (unpaired) electrons. The Labute approximate surface area is 82.0 Å². The van der Waals surface area contributed by atoms with Crippen molar-refractivity contribution < 1.29 is 4.90 Å². The molecule has 1 N–H and O–H groups in total. The lowest BCUT2D eigenvalue weighted by Crippen LogP contribution is -2.91. The Bertz CT molecular complexity index is 190. The van der Waals surface area contributed by atoms with Gasteiger partial charge in [-0.25, -0.2) is 0 Å². The predicted octanol–water partition coefficient (Wildman–Crippen LogP) is 1.84. The van der Waals surface area contributed by atoms with E-state index < -0.39 is 0 Å². The van der Waals surface area contributed by atoms with E-state index >= 15 is 0 Å². The van der Waals surface area contributed by atoms with E-state index in [1.165, 1.54) is 38.5 Å². The minimum Gasteiger partial charge on any atom is -0.473 e. The molecule has 0 aromatic rings. The van der Waals surface area contributed by atoms with Gasteiger partial charge in [-0.2, -0.15) is 0 Å². The van der Waals surface area contributed by atoms with Gasteiger partial charge in [0.25, 0.3) is 6.28 Å². The second-order valence-corrected chi connectivity index (χ2v) is 5.32. The number of nitrogens with one attached hydrogen (secondary N) is 1. The molecule has 2 heteroatoms. The fraction of sp³-hybridized carbons (Fsp3) is 0.909. The van der Waals surface area contributed by atoms with Crippen molar-refractivity contribution in [3.8, 4) is 0 Å². The summed E-state index contributed by atoms with van der Waals surface area (Å²) < 4.78 is 0. The van der Waals surface area contributed by atoms with E-state index in [0.29, 0.717) is 0 Å². The number of fused-ring (bicyclic) bond motifs is 2. The quantitative estimate of drug-likeness (QED) is 0.466. The normalized spacial score (nSPS) is 45.4. The first-order chi connectivity index (χ1) is 6.27. The minimum absolute atomic E-state index is 0.250. The van der Waals surface area contributed by atoms with Crippen LogP contribution in [0.15, 0.2) is 0 Å². The molecule has 2 bridgehead atoms. The van der Waals surface area contributed by atoms with Gasteiger partial charge in [-0.15, -0.1) is 18.5 Å². The van der Waals surface area contributed by atoms with Crippen molar-refractivity contribution in [2.24, 2.45) is 0 Å². The summed E-state index contributed by atoms with van der Waals surface area (Å²) >= 11 is 0. The van der Waals surface area contributed by atoms with E-state index in [2.05, 4.69) is 24.9 Å². The van der Waals surface area contributed by atoms with E-state index in [4.69, 9.17) is 0 Å². The van der Waals surface area contributed by atoms with Gasteiger partial charge in [-0.1, -0.05) is 38.5 Å². The van der Waals surface area contributed by atoms with Gasteiger partial charge in [0, 0.05) is 6.92 Å². The zero-order valence-electron chi connectivity index (χ0n) is 9.05. The summed E-state index contributed by atoms with van der Waals surface area (Å²) in [4.78, 5) is 3.70. The highest BCUT2D eigenvalue weighted by Gasteiger charge is 2.46. The second kappa shape index (κ2) is 3.47. The first-order valence-electron chi connectivity index (χ1n) is 6.03. The number of hydrogen-bond donors (Lipinski definition) is 1. The van der Waals surface area contributed by atoms with Gasteiger partial charge in [-0.05, 0) is 0 Å². The molecule has 2 fully saturated rings. The average Bonchev–Trinajstić information content (AvgIpc) is 2.02. The van der Waals surface area contributed by atoms with Crippen molar-refractivity contribution in [2.45, 2.75) is 63.9 Å². The third-order valence-corrected chi connectivity index (χ3v) is 4.78. The predicted molar refractivity (Wildman–Crippen MR) is 59.5 cm³/mol. The molecule has 2 heterocycles. The van der Waals surface area contributed by atoms with E-state index in [1.807, 2.05) is 0 Å². The van der Waals surface area contributed by atoms with E-state index in [9.17, 15) is 0 Å². The van der Waals surface area contributed by atoms with Crippen LogP contribution in [0.25, 0.3) is 0 Å². The molecule has 0 aliphatic carbocycles. The fourth-order valence-corrected chi connectivity index (χ4v) is 3.97. The molecule has 74 valence electrons. The van der Waals surface area contributed by atoms with Crippen molar-refractivity contribution in [1.29, 1.82) is 0 Å². The van der Waals surface area contributed by atoms with Crippen LogP contribution in [-0.2, 0) is 0 Å². The molecular formula is C11H22BN. The maximum absolute atomic E-state index is 3.70. The maximum Gasteiger partial charge on any atom is 0.274 e. The Balaban J connectivity index is 2.23. The molecule has 2 rings (SSSR count). The smallest absolute Gasteiger partial charge is 0.274 e. The Morgan fingerprint density at radius 1 is 1.08 bits per heavy atom. The van der Waals surface area contributed by atoms with Crippen LogP contribution in [0.2, 0.25) is 18.5 Å². The van der Waals surface area contributed by atoms with Crippen molar-refractivity contribution in [1.82, 2.24) is 0 Å². The second-order valence-electron chi connectivity index (χ2n) is 5.32. The van der Waals surface area contributed by atoms with Gasteiger partial charge >= 0.3 is 0 Å². The SMILES string of the molecule is C/C=[NH+]/[B-]1(C)C2CCCC1CCC2. The molecule has 1 nitrogen and oxygen atoms in total. The summed E-state index contributed by atoms with van der Waals surface area (Å²) in [5.74, 6) is 2.01. The number of hydrogen-bond acceptors (Lipinski definition) is 0. The Morgan fingerprint density at radius 3 is 1.92 bits per heavy atom. The van der Waals surface area contributed by atoms with Crippen LogP contribution < -0.4 is 4.90 Å². The molecule has 0 unspecified atom stereocenters. The molecule has 2 saturated heterocycles. The third-order valence-electron chi connectivity index (χ3n) is 4.78. The summed E-state index contributed by atoms with van der Waals surface area (Å²) in [6, 6.07) is 0. The Morgan fingerprint density at radius 2 is 1.54 bits per heavy atom. The van der Waals surface area contributed by atoms with Crippen molar-refractivity contribution in [3.63, 3.8) is 0 Å². The summed E-state index contributed by atoms with van der Waals surface area (Å²) in [5.41, 5.74) is 0. The molecule has 0 spiro atoms. The largest absolute Gasteiger partial charge is 0.473 e. The lowest BCUT2D eigenvalue weighted by atomic mass is 9.18. The van der Waals surface area contributed by atoms with Gasteiger partial charge in [-0.3, -0.25) is 0 Å². The molecule has 0 aromatic heterocycles. The van der Waals surface area contributed by atoms with E-state index in [1.54, 1.807) is 0 Å². The first-order valence-corrected chi connectivity index (χ1v) is 6.03. The first kappa shape index (κ1) is 9.30. The molecule has 0 amide bonds. The highest BCUT2D eigenvalue weighted by Crippen LogP contribution is 2.49. The van der Waals surface area contributed by atoms with Gasteiger partial charge in [0.1, 0.15) is 0 Å². The molecule has 0 aromatic carbocycles. The highest BCUT2D eigenvalue weighted by molar-refractivity contribution is 6.73. The van der Waals surface area contributed by atoms with Crippen molar-refractivity contribution >= 4 is 12.5 Å². The van der Waals surface area contributed by atoms with Gasteiger partial charge in [0.2, 0.25) is 0 Å². The molecule has 0 atom stereocenters. The third kappa shape index (κ3) is 1.45. The lowest BCUT2D eigenvalue weighted by molar-refractivity contribution is -0.310. The van der Waals surface area contributed by atoms with Gasteiger partial charge < -0.3 is 4.90 Å². The van der Waals surface area contributed by atoms with Crippen molar-refractivity contribution in [3.05, 3.63) is 0 Å². The molecule has 2 aliphatic heterocycles. The topological polar surface area (TPSA) is 14.0 Å². The fourth-order valence-electron chi connectivity index (χ4n) is 3.97. The number of rotatable bonds is 1. The average molecular weight is 179 g/mol. The van der Waals surface area contributed by atoms with Crippen LogP contribution in [0.1, 0.15) is 45.4 Å². The Kier molecular flexibility index (Phi) is 2.48. The van der Waals surface area contributed by atoms with Crippen LogP contribution in [0.4, 0.5) is 0 Å². The standard InChI is InChI=1S/C11H22BN/c1-3-13-12(2)10-6-4-7-11(12)9-5-8-10/h3,10-11,13H,4-9H2,1-2H3/b13-3+. The van der Waals surface area contributed by atoms with Crippen molar-refractivity contribution in [2.75, 3.05) is 0 Å². The van der Waals surface area contributed by atoms with Crippen LogP contribution in [0.3, 0.4) is 0 Å². The summed E-state index contributed by atoms with van der Waals surface area (Å²) in [5, 5.41) is 0. The van der Waals surface area contributed by atoms with Gasteiger partial charge in [0.05, 0.1) is 6.21 Å². The molecule has 13 heavy (non-hydrogen) atoms. The summed E-state index contributed by atoms with van der Waals surface area (Å²) in [6.07, 6.45) is 10.8. The van der Waals surface area contributed by atoms with E-state index in [-0.39, 0.29) is 6.28 Å². The van der Waals surface area contributed by atoms with Crippen LogP contribution in [-0.4, -0.2) is 12.5 Å². The minimum atomic E-state index is -0.250. The Hall–Kier alpha value is -0.265. The lowest BCUT2D eigenvalue weighted by Gasteiger charge is -2.49. The van der Waals surface area contributed by atoms with Gasteiger partial charge in [0.15, 0.2) is 0 Å². The molecule has 0 saturated carbocycles. The highest BCUT2D eigenvalue weighted by atomic mass is 14.7. The zero-order valence-corrected chi connectivity index (χ0v) is 9.05. The monoisotopic (exact) mass is 179 g/mol. The van der Waals surface area contributed by atoms with Crippen LogP contribution in [0.5, 0.6) is 0 Å². The summed E-state index contributed by atoms with van der Waals surface area (Å²) in [7, 11) is 0. The van der Waals surface area contributed by atoms with E-state index in [0.717, 1.165) is 11.6 Å². The maximum atomic E-state index is 3.70.